The Labute approximate surface area is 272 Å². The van der Waals surface area contributed by atoms with Crippen molar-refractivity contribution in [2.24, 2.45) is 5.92 Å². The summed E-state index contributed by atoms with van der Waals surface area (Å²) in [5.41, 5.74) is 0.233. The van der Waals surface area contributed by atoms with Crippen LogP contribution in [0.1, 0.15) is 74.4 Å². The monoisotopic (exact) mass is 654 g/mol. The van der Waals surface area contributed by atoms with Gasteiger partial charge in [0.1, 0.15) is 22.3 Å². The summed E-state index contributed by atoms with van der Waals surface area (Å²) in [6.45, 7) is 11.2. The number of methoxy groups -OCH3 is 1. The van der Waals surface area contributed by atoms with Gasteiger partial charge in [-0.15, -0.1) is 5.10 Å². The molecular formula is C33H40ClFN6O5. The molecule has 1 N–H and O–H groups in total. The Morgan fingerprint density at radius 2 is 1.83 bits per heavy atom. The predicted molar refractivity (Wildman–Crippen MR) is 173 cm³/mol. The van der Waals surface area contributed by atoms with E-state index in [1.165, 1.54) is 17.7 Å². The van der Waals surface area contributed by atoms with Crippen molar-refractivity contribution in [3.05, 3.63) is 92.4 Å². The lowest BCUT2D eigenvalue weighted by molar-refractivity contribution is 0.0519. The molecule has 11 nitrogen and oxygen atoms in total. The van der Waals surface area contributed by atoms with Crippen molar-refractivity contribution in [1.82, 2.24) is 29.4 Å². The Kier molecular flexibility index (Phi) is 10.7. The Hall–Kier alpha value is -4.45. The zero-order chi connectivity index (χ0) is 33.8. The van der Waals surface area contributed by atoms with Crippen LogP contribution in [-0.2, 0) is 11.3 Å². The molecule has 0 fully saturated rings. The fourth-order valence-corrected chi connectivity index (χ4v) is 5.30. The Morgan fingerprint density at radius 1 is 1.13 bits per heavy atom. The van der Waals surface area contributed by atoms with Gasteiger partial charge in [-0.2, -0.15) is 4.52 Å². The van der Waals surface area contributed by atoms with E-state index in [2.05, 4.69) is 10.4 Å². The van der Waals surface area contributed by atoms with Crippen LogP contribution < -0.4 is 15.7 Å². The van der Waals surface area contributed by atoms with E-state index in [0.717, 1.165) is 10.1 Å². The highest BCUT2D eigenvalue weighted by molar-refractivity contribution is 6.34. The molecule has 2 heterocycles. The molecule has 2 aromatic carbocycles. The molecule has 0 aliphatic rings. The van der Waals surface area contributed by atoms with E-state index in [1.807, 2.05) is 44.2 Å². The number of benzene rings is 2. The third-order valence-corrected chi connectivity index (χ3v) is 7.55. The zero-order valence-electron chi connectivity index (χ0n) is 27.1. The van der Waals surface area contributed by atoms with Crippen LogP contribution in [0.25, 0.3) is 5.65 Å². The number of ether oxygens (including phenoxy) is 2. The number of hydrogen-bond donors (Lipinski definition) is 1. The molecule has 1 unspecified atom stereocenters. The number of carbonyl (C=O) groups is 2. The van der Waals surface area contributed by atoms with Gasteiger partial charge in [-0.25, -0.2) is 19.0 Å². The highest BCUT2D eigenvalue weighted by Gasteiger charge is 2.34. The summed E-state index contributed by atoms with van der Waals surface area (Å²) < 4.78 is 27.9. The number of halogens is 2. The molecule has 0 saturated carbocycles. The first-order valence-corrected chi connectivity index (χ1v) is 15.4. The third-order valence-electron chi connectivity index (χ3n) is 7.22. The molecule has 246 valence electrons. The minimum absolute atomic E-state index is 0.0343. The maximum atomic E-state index is 14.7. The molecule has 1 atom stereocenters. The average Bonchev–Trinajstić information content (AvgIpc) is 3.32. The number of amides is 2. The van der Waals surface area contributed by atoms with Crippen molar-refractivity contribution in [1.29, 1.82) is 0 Å². The van der Waals surface area contributed by atoms with E-state index in [0.29, 0.717) is 12.0 Å². The first-order valence-electron chi connectivity index (χ1n) is 15.0. The van der Waals surface area contributed by atoms with Crippen molar-refractivity contribution in [3.63, 3.8) is 0 Å². The standard InChI is InChI=1S/C33H40ClFN6O5/c1-20(2)26(28-37-27-25(34)29(45-7)38-41(27)32(44)40(28)19-22-12-9-8-10-13-22)39(17-11-16-36-31(43)46-33(4,5)6)30(42)23-15-14-21(3)24(35)18-23/h8-10,12-15,18,20,26H,11,16-17,19H2,1-7H3,(H,36,43). The quantitative estimate of drug-likeness (QED) is 0.203. The number of rotatable bonds is 11. The molecule has 0 saturated heterocycles. The zero-order valence-corrected chi connectivity index (χ0v) is 27.9. The van der Waals surface area contributed by atoms with E-state index in [4.69, 9.17) is 26.1 Å². The molecule has 13 heteroatoms. The molecule has 0 aliphatic heterocycles. The number of hydrogen-bond acceptors (Lipinski definition) is 7. The second kappa shape index (κ2) is 14.3. The van der Waals surface area contributed by atoms with Gasteiger partial charge in [0, 0.05) is 18.7 Å². The normalized spacial score (nSPS) is 12.3. The summed E-state index contributed by atoms with van der Waals surface area (Å²) in [6, 6.07) is 12.9. The average molecular weight is 655 g/mol. The molecule has 2 amide bonds. The topological polar surface area (TPSA) is 120 Å². The van der Waals surface area contributed by atoms with Crippen molar-refractivity contribution < 1.29 is 23.5 Å². The van der Waals surface area contributed by atoms with Crippen molar-refractivity contribution in [3.8, 4) is 5.88 Å². The number of aryl methyl sites for hydroxylation is 1. The van der Waals surface area contributed by atoms with Gasteiger partial charge in [0.05, 0.1) is 19.7 Å². The SMILES string of the molecule is COc1nn2c(=O)n(Cc3ccccc3)c(C(C(C)C)N(CCCNC(=O)OC(C)(C)C)C(=O)c3ccc(C)c(F)c3)nc2c1Cl. The minimum atomic E-state index is -0.781. The van der Waals surface area contributed by atoms with Crippen LogP contribution in [0.4, 0.5) is 9.18 Å². The lowest BCUT2D eigenvalue weighted by atomic mass is 9.99. The largest absolute Gasteiger partial charge is 0.479 e. The Balaban J connectivity index is 1.84. The van der Waals surface area contributed by atoms with Crippen LogP contribution in [0.2, 0.25) is 5.02 Å². The minimum Gasteiger partial charge on any atom is -0.479 e. The summed E-state index contributed by atoms with van der Waals surface area (Å²) in [4.78, 5) is 47.0. The number of alkyl carbamates (subject to hydrolysis) is 1. The van der Waals surface area contributed by atoms with E-state index < -0.39 is 35.2 Å². The molecule has 4 aromatic rings. The van der Waals surface area contributed by atoms with Crippen LogP contribution in [0.5, 0.6) is 5.88 Å². The number of nitrogens with zero attached hydrogens (tertiary/aromatic N) is 5. The van der Waals surface area contributed by atoms with Crippen molar-refractivity contribution >= 4 is 29.2 Å². The number of fused-ring (bicyclic) bond motifs is 1. The first-order chi connectivity index (χ1) is 21.7. The van der Waals surface area contributed by atoms with Gasteiger partial charge in [-0.05, 0) is 63.3 Å². The van der Waals surface area contributed by atoms with E-state index >= 15 is 0 Å². The molecule has 46 heavy (non-hydrogen) atoms. The molecule has 2 aromatic heterocycles. The molecular weight excluding hydrogens is 615 g/mol. The van der Waals surface area contributed by atoms with Crippen LogP contribution in [0.3, 0.4) is 0 Å². The molecule has 0 aliphatic carbocycles. The first kappa shape index (κ1) is 34.4. The summed E-state index contributed by atoms with van der Waals surface area (Å²) in [7, 11) is 1.39. The second-order valence-corrected chi connectivity index (χ2v) is 12.7. The number of nitrogens with one attached hydrogen (secondary N) is 1. The lowest BCUT2D eigenvalue weighted by Gasteiger charge is -2.35. The number of carbonyl (C=O) groups excluding carboxylic acids is 2. The van der Waals surface area contributed by atoms with Crippen molar-refractivity contribution in [2.45, 2.75) is 66.2 Å². The summed E-state index contributed by atoms with van der Waals surface area (Å²) in [5, 5.41) is 6.99. The van der Waals surface area contributed by atoms with Gasteiger partial charge < -0.3 is 19.7 Å². The predicted octanol–water partition coefficient (Wildman–Crippen LogP) is 5.80. The van der Waals surface area contributed by atoms with Crippen LogP contribution in [0.15, 0.2) is 53.3 Å². The maximum absolute atomic E-state index is 14.7. The number of aromatic nitrogens is 4. The fourth-order valence-electron chi connectivity index (χ4n) is 5.06. The Bertz CT molecular complexity index is 1770. The van der Waals surface area contributed by atoms with Crippen LogP contribution >= 0.6 is 11.6 Å². The van der Waals surface area contributed by atoms with Crippen molar-refractivity contribution in [2.75, 3.05) is 20.2 Å². The van der Waals surface area contributed by atoms with Crippen LogP contribution in [-0.4, -0.2) is 61.9 Å². The van der Waals surface area contributed by atoms with E-state index in [1.54, 1.807) is 44.7 Å². The summed E-state index contributed by atoms with van der Waals surface area (Å²) in [5.74, 6) is -0.962. The van der Waals surface area contributed by atoms with Gasteiger partial charge in [0.15, 0.2) is 5.65 Å². The van der Waals surface area contributed by atoms with Gasteiger partial charge in [0.25, 0.3) is 11.8 Å². The third kappa shape index (κ3) is 7.85. The highest BCUT2D eigenvalue weighted by Crippen LogP contribution is 2.32. The molecule has 0 bridgehead atoms. The summed E-state index contributed by atoms with van der Waals surface area (Å²) in [6.07, 6.45) is -0.255. The molecule has 4 rings (SSSR count). The Morgan fingerprint density at radius 3 is 2.43 bits per heavy atom. The summed E-state index contributed by atoms with van der Waals surface area (Å²) >= 11 is 6.55. The van der Waals surface area contributed by atoms with Gasteiger partial charge in [0.2, 0.25) is 0 Å². The van der Waals surface area contributed by atoms with Gasteiger partial charge >= 0.3 is 11.8 Å². The van der Waals surface area contributed by atoms with Gasteiger partial charge in [-0.3, -0.25) is 9.36 Å². The van der Waals surface area contributed by atoms with Gasteiger partial charge in [-0.1, -0.05) is 61.8 Å². The van der Waals surface area contributed by atoms with E-state index in [9.17, 15) is 18.8 Å². The maximum Gasteiger partial charge on any atom is 0.407 e. The molecule has 0 radical (unpaired) electrons. The lowest BCUT2D eigenvalue weighted by Crippen LogP contribution is -2.43. The van der Waals surface area contributed by atoms with Crippen LogP contribution in [0, 0.1) is 18.7 Å². The smallest absolute Gasteiger partial charge is 0.407 e. The molecule has 0 spiro atoms. The fraction of sp³-hybridized carbons (Fsp3) is 0.424. The second-order valence-electron chi connectivity index (χ2n) is 12.3. The van der Waals surface area contributed by atoms with E-state index in [-0.39, 0.29) is 53.5 Å². The highest BCUT2D eigenvalue weighted by atomic mass is 35.5.